The zero-order valence-corrected chi connectivity index (χ0v) is 17.7. The highest BCUT2D eigenvalue weighted by molar-refractivity contribution is 5.29. The first-order chi connectivity index (χ1) is 12.9. The van der Waals surface area contributed by atoms with Crippen LogP contribution in [0.2, 0.25) is 0 Å². The molecule has 152 valence electrons. The van der Waals surface area contributed by atoms with Crippen LogP contribution in [0.1, 0.15) is 85.0 Å². The van der Waals surface area contributed by atoms with E-state index in [4.69, 9.17) is 0 Å². The van der Waals surface area contributed by atoms with E-state index in [1.165, 1.54) is 51.4 Å². The molecule has 6 atom stereocenters. The Hall–Kier alpha value is -0.860. The van der Waals surface area contributed by atoms with Crippen molar-refractivity contribution in [1.29, 1.82) is 0 Å². The van der Waals surface area contributed by atoms with E-state index in [1.54, 1.807) is 5.57 Å². The van der Waals surface area contributed by atoms with Gasteiger partial charge in [0, 0.05) is 0 Å². The van der Waals surface area contributed by atoms with Crippen molar-refractivity contribution in [3.05, 3.63) is 35.5 Å². The van der Waals surface area contributed by atoms with Crippen LogP contribution in [0.4, 0.5) is 0 Å². The van der Waals surface area contributed by atoms with Crippen molar-refractivity contribution in [3.8, 4) is 0 Å². The van der Waals surface area contributed by atoms with Gasteiger partial charge in [-0.25, -0.2) is 0 Å². The lowest BCUT2D eigenvalue weighted by Gasteiger charge is -2.44. The highest BCUT2D eigenvalue weighted by Crippen LogP contribution is 2.59. The van der Waals surface area contributed by atoms with E-state index in [0.29, 0.717) is 23.8 Å². The molecule has 0 unspecified atom stereocenters. The quantitative estimate of drug-likeness (QED) is 0.585. The molecule has 0 aliphatic heterocycles. The summed E-state index contributed by atoms with van der Waals surface area (Å²) in [6.45, 7) is 11.2. The van der Waals surface area contributed by atoms with Crippen molar-refractivity contribution in [1.82, 2.24) is 0 Å². The zero-order valence-electron chi connectivity index (χ0n) is 17.7. The summed E-state index contributed by atoms with van der Waals surface area (Å²) < 4.78 is 0. The third-order valence-corrected chi connectivity index (χ3v) is 8.04. The van der Waals surface area contributed by atoms with Crippen LogP contribution in [0.3, 0.4) is 0 Å². The highest BCUT2D eigenvalue weighted by atomic mass is 16.3. The van der Waals surface area contributed by atoms with Gasteiger partial charge in [0.1, 0.15) is 0 Å². The summed E-state index contributed by atoms with van der Waals surface area (Å²) in [7, 11) is 0. The van der Waals surface area contributed by atoms with Crippen LogP contribution < -0.4 is 0 Å². The Labute approximate surface area is 166 Å². The first-order valence-electron chi connectivity index (χ1n) is 11.3. The van der Waals surface area contributed by atoms with Crippen LogP contribution in [-0.2, 0) is 0 Å². The van der Waals surface area contributed by atoms with Gasteiger partial charge >= 0.3 is 0 Å². The van der Waals surface area contributed by atoms with Crippen LogP contribution >= 0.6 is 0 Å². The van der Waals surface area contributed by atoms with E-state index in [-0.39, 0.29) is 0 Å². The van der Waals surface area contributed by atoms with Crippen molar-refractivity contribution < 1.29 is 10.2 Å². The maximum atomic E-state index is 10.1. The number of rotatable bonds is 5. The van der Waals surface area contributed by atoms with Gasteiger partial charge in [0.05, 0.1) is 12.2 Å². The molecule has 0 radical (unpaired) electrons. The van der Waals surface area contributed by atoms with Gasteiger partial charge in [0.2, 0.25) is 0 Å². The molecule has 0 aromatic carbocycles. The largest absolute Gasteiger partial charge is 0.388 e. The molecule has 0 aromatic rings. The van der Waals surface area contributed by atoms with Crippen LogP contribution in [0.25, 0.3) is 0 Å². The molecule has 0 aromatic heterocycles. The van der Waals surface area contributed by atoms with Crippen LogP contribution in [0.15, 0.2) is 35.5 Å². The van der Waals surface area contributed by atoms with Crippen molar-refractivity contribution >= 4 is 0 Å². The lowest BCUT2D eigenvalue weighted by molar-refractivity contribution is 0.0934. The third-order valence-electron chi connectivity index (χ3n) is 8.04. The Kier molecular flexibility index (Phi) is 6.69. The number of fused-ring (bicyclic) bond motifs is 1. The molecular formula is C25H40O2. The fraction of sp³-hybridized carbons (Fsp3) is 0.760. The lowest BCUT2D eigenvalue weighted by atomic mass is 9.60. The van der Waals surface area contributed by atoms with E-state index < -0.39 is 12.2 Å². The molecule has 0 saturated heterocycles. The third kappa shape index (κ3) is 4.27. The summed E-state index contributed by atoms with van der Waals surface area (Å²) in [5, 5.41) is 20.2. The Bertz CT molecular complexity index is 585. The average Bonchev–Trinajstić information content (AvgIpc) is 2.99. The maximum Gasteiger partial charge on any atom is 0.0809 e. The van der Waals surface area contributed by atoms with E-state index >= 15 is 0 Å². The van der Waals surface area contributed by atoms with Gasteiger partial charge in [-0.15, -0.1) is 0 Å². The number of aliphatic hydroxyl groups is 2. The summed E-state index contributed by atoms with van der Waals surface area (Å²) in [6, 6.07) is 0. The molecule has 0 spiro atoms. The van der Waals surface area contributed by atoms with Gasteiger partial charge in [0.25, 0.3) is 0 Å². The first kappa shape index (κ1) is 20.9. The molecule has 2 nitrogen and oxygen atoms in total. The molecule has 27 heavy (non-hydrogen) atoms. The van der Waals surface area contributed by atoms with Crippen molar-refractivity contribution in [2.45, 2.75) is 97.2 Å². The summed E-state index contributed by atoms with van der Waals surface area (Å²) in [4.78, 5) is 0. The molecule has 0 amide bonds. The minimum Gasteiger partial charge on any atom is -0.388 e. The molecule has 3 saturated carbocycles. The zero-order chi connectivity index (χ0) is 19.6. The number of aliphatic hydroxyl groups excluding tert-OH is 2. The van der Waals surface area contributed by atoms with Crippen LogP contribution in [0.5, 0.6) is 0 Å². The monoisotopic (exact) mass is 372 g/mol. The Morgan fingerprint density at radius 1 is 1.19 bits per heavy atom. The van der Waals surface area contributed by atoms with Gasteiger partial charge < -0.3 is 10.2 Å². The Morgan fingerprint density at radius 2 is 1.89 bits per heavy atom. The Balaban J connectivity index is 1.74. The average molecular weight is 373 g/mol. The van der Waals surface area contributed by atoms with Crippen LogP contribution in [-0.4, -0.2) is 22.4 Å². The summed E-state index contributed by atoms with van der Waals surface area (Å²) in [6.07, 6.45) is 15.3. The fourth-order valence-electron chi connectivity index (χ4n) is 6.37. The molecule has 0 bridgehead atoms. The topological polar surface area (TPSA) is 40.5 Å². The van der Waals surface area contributed by atoms with Gasteiger partial charge in [-0.2, -0.15) is 0 Å². The summed E-state index contributed by atoms with van der Waals surface area (Å²) in [5.74, 6) is 2.44. The smallest absolute Gasteiger partial charge is 0.0809 e. The number of unbranched alkanes of at least 4 members (excludes halogenated alkanes) is 1. The molecule has 2 heteroatoms. The van der Waals surface area contributed by atoms with E-state index in [9.17, 15) is 10.2 Å². The number of hydrogen-bond acceptors (Lipinski definition) is 2. The SMILES string of the molecule is C=C1[C@H](O)CC(=C/C=C2\CCC[C@]3(C)[C@@H]([C@@H](C)CCCC)CC[C@@H]23)C[C@H]1O. The minimum absolute atomic E-state index is 0.468. The van der Waals surface area contributed by atoms with Gasteiger partial charge in [-0.1, -0.05) is 69.9 Å². The van der Waals surface area contributed by atoms with E-state index in [1.807, 2.05) is 0 Å². The molecule has 3 aliphatic rings. The second-order valence-electron chi connectivity index (χ2n) is 9.80. The summed E-state index contributed by atoms with van der Waals surface area (Å²) in [5.41, 5.74) is 3.82. The van der Waals surface area contributed by atoms with Crippen molar-refractivity contribution in [2.24, 2.45) is 23.2 Å². The maximum absolute atomic E-state index is 10.1. The molecule has 3 fully saturated rings. The molecule has 3 aliphatic carbocycles. The predicted octanol–water partition coefficient (Wildman–Crippen LogP) is 5.95. The second-order valence-corrected chi connectivity index (χ2v) is 9.80. The molecule has 2 N–H and O–H groups in total. The number of hydrogen-bond donors (Lipinski definition) is 2. The predicted molar refractivity (Wildman–Crippen MR) is 113 cm³/mol. The fourth-order valence-corrected chi connectivity index (χ4v) is 6.37. The molecule has 0 heterocycles. The Morgan fingerprint density at radius 3 is 2.56 bits per heavy atom. The van der Waals surface area contributed by atoms with Gasteiger partial charge in [-0.05, 0) is 73.7 Å². The molecular weight excluding hydrogens is 332 g/mol. The van der Waals surface area contributed by atoms with Gasteiger partial charge in [-0.3, -0.25) is 0 Å². The summed E-state index contributed by atoms with van der Waals surface area (Å²) >= 11 is 0. The first-order valence-corrected chi connectivity index (χ1v) is 11.3. The minimum atomic E-state index is -0.592. The van der Waals surface area contributed by atoms with Crippen molar-refractivity contribution in [2.75, 3.05) is 0 Å². The standard InChI is InChI=1S/C25H40O2/c1-5-6-8-17(2)21-12-13-22-20(9-7-14-25(21,22)4)11-10-19-15-23(26)18(3)24(27)16-19/h10-11,17,21-24,26-27H,3,5-9,12-16H2,1-2,4H3/b20-11+/t17-,21+,22-,23+,24+,25+/m0/s1. The highest BCUT2D eigenvalue weighted by Gasteiger charge is 2.50. The normalized spacial score (nSPS) is 39.5. The van der Waals surface area contributed by atoms with Gasteiger partial charge in [0.15, 0.2) is 0 Å². The van der Waals surface area contributed by atoms with E-state index in [2.05, 4.69) is 39.5 Å². The van der Waals surface area contributed by atoms with Crippen LogP contribution in [0, 0.1) is 23.2 Å². The lowest BCUT2D eigenvalue weighted by Crippen LogP contribution is -2.36. The second kappa shape index (κ2) is 8.66. The molecule has 3 rings (SSSR count). The number of allylic oxidation sites excluding steroid dienone is 3. The van der Waals surface area contributed by atoms with E-state index in [0.717, 1.165) is 23.3 Å². The van der Waals surface area contributed by atoms with Crippen molar-refractivity contribution in [3.63, 3.8) is 0 Å².